The summed E-state index contributed by atoms with van der Waals surface area (Å²) in [6.45, 7) is 10.4. The van der Waals surface area contributed by atoms with Gasteiger partial charge in [0.05, 0.1) is 0 Å². The Hall–Kier alpha value is -1.06. The summed E-state index contributed by atoms with van der Waals surface area (Å²) in [7, 11) is 2.24. The number of aryl methyl sites for hydroxylation is 1. The number of nitrogens with one attached hydrogen (secondary N) is 1. The molecule has 3 rings (SSSR count). The topological polar surface area (TPSA) is 18.5 Å². The van der Waals surface area contributed by atoms with E-state index in [4.69, 9.17) is 0 Å². The molecule has 0 saturated carbocycles. The van der Waals surface area contributed by atoms with Crippen LogP contribution < -0.4 is 5.32 Å². The van der Waals surface area contributed by atoms with Crippen LogP contribution in [-0.2, 0) is 13.0 Å². The normalized spacial score (nSPS) is 23.1. The number of nitrogens with zero attached hydrogens (tertiary/aromatic N) is 2. The SMILES string of the molecule is CN1CCN(Cc2ccc3c(c2)CCCN3)CC1(C)C. The van der Waals surface area contributed by atoms with E-state index in [-0.39, 0.29) is 5.54 Å². The van der Waals surface area contributed by atoms with E-state index in [0.29, 0.717) is 0 Å². The van der Waals surface area contributed by atoms with Crippen LogP contribution in [0, 0.1) is 0 Å². The van der Waals surface area contributed by atoms with Gasteiger partial charge in [-0.15, -0.1) is 0 Å². The Morgan fingerprint density at radius 1 is 1.25 bits per heavy atom. The van der Waals surface area contributed by atoms with Crippen molar-refractivity contribution in [2.75, 3.05) is 38.5 Å². The van der Waals surface area contributed by atoms with Crippen LogP contribution >= 0.6 is 0 Å². The lowest BCUT2D eigenvalue weighted by Gasteiger charge is -2.45. The molecule has 0 aliphatic carbocycles. The first-order valence-electron chi connectivity index (χ1n) is 7.84. The molecule has 1 aromatic rings. The largest absolute Gasteiger partial charge is 0.385 e. The first-order valence-corrected chi connectivity index (χ1v) is 7.84. The Morgan fingerprint density at radius 2 is 2.10 bits per heavy atom. The summed E-state index contributed by atoms with van der Waals surface area (Å²) in [5.74, 6) is 0. The summed E-state index contributed by atoms with van der Waals surface area (Å²) in [5, 5.41) is 3.49. The highest BCUT2D eigenvalue weighted by Crippen LogP contribution is 2.25. The van der Waals surface area contributed by atoms with E-state index in [2.05, 4.69) is 54.2 Å². The van der Waals surface area contributed by atoms with Gasteiger partial charge < -0.3 is 5.32 Å². The van der Waals surface area contributed by atoms with Crippen molar-refractivity contribution >= 4 is 5.69 Å². The third-order valence-corrected chi connectivity index (χ3v) is 4.91. The Morgan fingerprint density at radius 3 is 2.90 bits per heavy atom. The summed E-state index contributed by atoms with van der Waals surface area (Å²) in [6.07, 6.45) is 2.49. The molecule has 1 fully saturated rings. The fraction of sp³-hybridized carbons (Fsp3) is 0.647. The van der Waals surface area contributed by atoms with Crippen molar-refractivity contribution in [3.8, 4) is 0 Å². The number of piperazine rings is 1. The molecule has 1 N–H and O–H groups in total. The predicted molar refractivity (Wildman–Crippen MR) is 85.2 cm³/mol. The maximum absolute atomic E-state index is 3.49. The smallest absolute Gasteiger partial charge is 0.0372 e. The summed E-state index contributed by atoms with van der Waals surface area (Å²) < 4.78 is 0. The minimum Gasteiger partial charge on any atom is -0.385 e. The fourth-order valence-electron chi connectivity index (χ4n) is 3.36. The van der Waals surface area contributed by atoms with Crippen LogP contribution in [0.1, 0.15) is 31.4 Å². The molecule has 1 saturated heterocycles. The zero-order valence-electron chi connectivity index (χ0n) is 13.1. The Kier molecular flexibility index (Phi) is 3.74. The zero-order chi connectivity index (χ0) is 14.2. The van der Waals surface area contributed by atoms with Crippen LogP contribution in [0.15, 0.2) is 18.2 Å². The molecular formula is C17H27N3. The third-order valence-electron chi connectivity index (χ3n) is 4.91. The van der Waals surface area contributed by atoms with Gasteiger partial charge in [0, 0.05) is 44.0 Å². The molecule has 3 heteroatoms. The number of hydrogen-bond donors (Lipinski definition) is 1. The molecule has 2 heterocycles. The Labute approximate surface area is 123 Å². The first kappa shape index (κ1) is 13.9. The van der Waals surface area contributed by atoms with Gasteiger partial charge in [-0.05, 0) is 50.9 Å². The molecule has 2 aliphatic rings. The van der Waals surface area contributed by atoms with Gasteiger partial charge in [-0.1, -0.05) is 12.1 Å². The average molecular weight is 273 g/mol. The van der Waals surface area contributed by atoms with E-state index in [9.17, 15) is 0 Å². The quantitative estimate of drug-likeness (QED) is 0.893. The number of hydrogen-bond acceptors (Lipinski definition) is 3. The molecule has 0 amide bonds. The molecule has 3 nitrogen and oxygen atoms in total. The molecule has 0 atom stereocenters. The lowest BCUT2D eigenvalue weighted by Crippen LogP contribution is -2.57. The van der Waals surface area contributed by atoms with Crippen molar-refractivity contribution in [2.24, 2.45) is 0 Å². The van der Waals surface area contributed by atoms with Crippen LogP contribution in [-0.4, -0.2) is 48.6 Å². The van der Waals surface area contributed by atoms with Gasteiger partial charge in [0.2, 0.25) is 0 Å². The number of anilines is 1. The monoisotopic (exact) mass is 273 g/mol. The second-order valence-electron chi connectivity index (χ2n) is 6.97. The molecule has 2 aliphatic heterocycles. The molecule has 110 valence electrons. The van der Waals surface area contributed by atoms with Gasteiger partial charge >= 0.3 is 0 Å². The molecule has 0 radical (unpaired) electrons. The van der Waals surface area contributed by atoms with Crippen LogP contribution in [0.5, 0.6) is 0 Å². The van der Waals surface area contributed by atoms with Gasteiger partial charge in [-0.2, -0.15) is 0 Å². The van der Waals surface area contributed by atoms with Gasteiger partial charge in [-0.25, -0.2) is 0 Å². The lowest BCUT2D eigenvalue weighted by molar-refractivity contribution is 0.0360. The molecule has 0 spiro atoms. The maximum atomic E-state index is 3.49. The summed E-state index contributed by atoms with van der Waals surface area (Å²) in [6, 6.07) is 6.97. The minimum absolute atomic E-state index is 0.286. The van der Waals surface area contributed by atoms with E-state index >= 15 is 0 Å². The summed E-state index contributed by atoms with van der Waals surface area (Å²) >= 11 is 0. The number of likely N-dealkylation sites (N-methyl/N-ethyl adjacent to an activating group) is 1. The highest BCUT2D eigenvalue weighted by molar-refractivity contribution is 5.54. The van der Waals surface area contributed by atoms with Gasteiger partial charge in [0.15, 0.2) is 0 Å². The maximum Gasteiger partial charge on any atom is 0.0372 e. The van der Waals surface area contributed by atoms with Crippen molar-refractivity contribution in [1.29, 1.82) is 0 Å². The van der Waals surface area contributed by atoms with Crippen LogP contribution in [0.4, 0.5) is 5.69 Å². The highest BCUT2D eigenvalue weighted by Gasteiger charge is 2.30. The summed E-state index contributed by atoms with van der Waals surface area (Å²) in [5.41, 5.74) is 4.60. The van der Waals surface area contributed by atoms with Crippen LogP contribution in [0.25, 0.3) is 0 Å². The highest BCUT2D eigenvalue weighted by atomic mass is 15.3. The van der Waals surface area contributed by atoms with Crippen molar-refractivity contribution in [3.05, 3.63) is 29.3 Å². The van der Waals surface area contributed by atoms with E-state index in [1.807, 2.05) is 0 Å². The summed E-state index contributed by atoms with van der Waals surface area (Å²) in [4.78, 5) is 5.07. The van der Waals surface area contributed by atoms with Crippen molar-refractivity contribution in [3.63, 3.8) is 0 Å². The molecular weight excluding hydrogens is 246 g/mol. The predicted octanol–water partition coefficient (Wildman–Crippen LogP) is 2.57. The van der Waals surface area contributed by atoms with Gasteiger partial charge in [-0.3, -0.25) is 9.80 Å². The fourth-order valence-corrected chi connectivity index (χ4v) is 3.36. The number of fused-ring (bicyclic) bond motifs is 1. The standard InChI is InChI=1S/C17H27N3/c1-17(2)13-20(10-9-19(17)3)12-14-6-7-16-15(11-14)5-4-8-18-16/h6-7,11,18H,4-5,8-10,12-13H2,1-3H3. The first-order chi connectivity index (χ1) is 9.54. The van der Waals surface area contributed by atoms with E-state index < -0.39 is 0 Å². The number of rotatable bonds is 2. The zero-order valence-corrected chi connectivity index (χ0v) is 13.1. The average Bonchev–Trinajstić information content (AvgIpc) is 2.42. The van der Waals surface area contributed by atoms with Gasteiger partial charge in [0.25, 0.3) is 0 Å². The number of benzene rings is 1. The Bertz CT molecular complexity index is 481. The molecule has 0 unspecified atom stereocenters. The second-order valence-corrected chi connectivity index (χ2v) is 6.97. The van der Waals surface area contributed by atoms with Gasteiger partial charge in [0.1, 0.15) is 0 Å². The second kappa shape index (κ2) is 5.38. The molecule has 0 aromatic heterocycles. The van der Waals surface area contributed by atoms with E-state index in [1.165, 1.54) is 42.7 Å². The van der Waals surface area contributed by atoms with Crippen LogP contribution in [0.2, 0.25) is 0 Å². The van der Waals surface area contributed by atoms with Crippen molar-refractivity contribution in [1.82, 2.24) is 9.80 Å². The van der Waals surface area contributed by atoms with Crippen LogP contribution in [0.3, 0.4) is 0 Å². The molecule has 1 aromatic carbocycles. The molecule has 20 heavy (non-hydrogen) atoms. The minimum atomic E-state index is 0.286. The van der Waals surface area contributed by atoms with Crippen molar-refractivity contribution in [2.45, 2.75) is 38.8 Å². The van der Waals surface area contributed by atoms with E-state index in [1.54, 1.807) is 0 Å². The molecule has 0 bridgehead atoms. The Balaban J connectivity index is 1.69. The third kappa shape index (κ3) is 2.84. The van der Waals surface area contributed by atoms with Crippen molar-refractivity contribution < 1.29 is 0 Å². The lowest BCUT2D eigenvalue weighted by atomic mass is 9.98. The van der Waals surface area contributed by atoms with E-state index in [0.717, 1.165) is 19.6 Å².